The van der Waals surface area contributed by atoms with Gasteiger partial charge in [-0.15, -0.1) is 0 Å². The van der Waals surface area contributed by atoms with Crippen LogP contribution in [0.4, 0.5) is 5.69 Å². The van der Waals surface area contributed by atoms with E-state index in [4.69, 9.17) is 4.42 Å². The molecule has 0 unspecified atom stereocenters. The minimum absolute atomic E-state index is 0.698. The summed E-state index contributed by atoms with van der Waals surface area (Å²) in [6.45, 7) is 4.38. The number of fused-ring (bicyclic) bond motifs is 1. The van der Waals surface area contributed by atoms with Crippen molar-refractivity contribution in [3.05, 3.63) is 48.0 Å². The van der Waals surface area contributed by atoms with Crippen molar-refractivity contribution in [3.63, 3.8) is 0 Å². The Morgan fingerprint density at radius 3 is 2.52 bits per heavy atom. The van der Waals surface area contributed by atoms with E-state index in [1.165, 1.54) is 24.1 Å². The maximum Gasteiger partial charge on any atom is 0.227 e. The molecule has 0 amide bonds. The van der Waals surface area contributed by atoms with Crippen LogP contribution in [0, 0.1) is 6.92 Å². The molecule has 21 heavy (non-hydrogen) atoms. The van der Waals surface area contributed by atoms with E-state index in [2.05, 4.69) is 53.2 Å². The second-order valence-corrected chi connectivity index (χ2v) is 5.73. The molecular formula is C18H18N2O. The van der Waals surface area contributed by atoms with Crippen LogP contribution in [0.1, 0.15) is 18.4 Å². The first kappa shape index (κ1) is 12.5. The SMILES string of the molecule is Cc1ccc(-c2nc3cc(N4CCCC4)ccc3o2)cc1. The Kier molecular flexibility index (Phi) is 2.92. The highest BCUT2D eigenvalue weighted by molar-refractivity contribution is 5.80. The molecule has 1 aromatic heterocycles. The predicted molar refractivity (Wildman–Crippen MR) is 85.6 cm³/mol. The van der Waals surface area contributed by atoms with Gasteiger partial charge in [0.25, 0.3) is 0 Å². The van der Waals surface area contributed by atoms with Gasteiger partial charge in [-0.3, -0.25) is 0 Å². The molecular weight excluding hydrogens is 260 g/mol. The van der Waals surface area contributed by atoms with Crippen LogP contribution in [0.5, 0.6) is 0 Å². The first-order valence-corrected chi connectivity index (χ1v) is 7.52. The second kappa shape index (κ2) is 4.92. The molecule has 3 nitrogen and oxygen atoms in total. The molecule has 1 aliphatic heterocycles. The Labute approximate surface area is 124 Å². The minimum atomic E-state index is 0.698. The smallest absolute Gasteiger partial charge is 0.227 e. The van der Waals surface area contributed by atoms with Crippen LogP contribution in [-0.2, 0) is 0 Å². The van der Waals surface area contributed by atoms with Gasteiger partial charge in [0.05, 0.1) is 0 Å². The molecule has 0 N–H and O–H groups in total. The Balaban J connectivity index is 1.73. The molecule has 106 valence electrons. The monoisotopic (exact) mass is 278 g/mol. The number of nitrogens with zero attached hydrogens (tertiary/aromatic N) is 2. The van der Waals surface area contributed by atoms with Gasteiger partial charge in [-0.05, 0) is 50.1 Å². The third kappa shape index (κ3) is 2.29. The third-order valence-electron chi connectivity index (χ3n) is 4.14. The van der Waals surface area contributed by atoms with E-state index in [1.807, 2.05) is 6.07 Å². The van der Waals surface area contributed by atoms with Crippen LogP contribution < -0.4 is 4.90 Å². The van der Waals surface area contributed by atoms with Gasteiger partial charge in [-0.1, -0.05) is 17.7 Å². The maximum atomic E-state index is 5.88. The number of hydrogen-bond acceptors (Lipinski definition) is 3. The highest BCUT2D eigenvalue weighted by Gasteiger charge is 2.14. The van der Waals surface area contributed by atoms with Gasteiger partial charge in [0.15, 0.2) is 5.58 Å². The molecule has 3 aromatic rings. The van der Waals surface area contributed by atoms with Crippen molar-refractivity contribution < 1.29 is 4.42 Å². The molecule has 0 spiro atoms. The molecule has 2 aromatic carbocycles. The van der Waals surface area contributed by atoms with E-state index >= 15 is 0 Å². The molecule has 1 aliphatic rings. The summed E-state index contributed by atoms with van der Waals surface area (Å²) in [6, 6.07) is 14.6. The predicted octanol–water partition coefficient (Wildman–Crippen LogP) is 4.40. The molecule has 3 heteroatoms. The number of hydrogen-bond donors (Lipinski definition) is 0. The minimum Gasteiger partial charge on any atom is -0.436 e. The van der Waals surface area contributed by atoms with Crippen molar-refractivity contribution in [2.24, 2.45) is 0 Å². The van der Waals surface area contributed by atoms with Gasteiger partial charge in [0.2, 0.25) is 5.89 Å². The lowest BCUT2D eigenvalue weighted by molar-refractivity contribution is 0.620. The quantitative estimate of drug-likeness (QED) is 0.695. The van der Waals surface area contributed by atoms with Gasteiger partial charge < -0.3 is 9.32 Å². The molecule has 2 heterocycles. The summed E-state index contributed by atoms with van der Waals surface area (Å²) in [5.74, 6) is 0.698. The Morgan fingerprint density at radius 1 is 1.00 bits per heavy atom. The fraction of sp³-hybridized carbons (Fsp3) is 0.278. The van der Waals surface area contributed by atoms with Crippen molar-refractivity contribution >= 4 is 16.8 Å². The van der Waals surface area contributed by atoms with Crippen molar-refractivity contribution in [2.75, 3.05) is 18.0 Å². The molecule has 0 aliphatic carbocycles. The lowest BCUT2D eigenvalue weighted by atomic mass is 10.1. The molecule has 0 saturated carbocycles. The average Bonchev–Trinajstić information content (AvgIpc) is 3.16. The molecule has 4 rings (SSSR count). The summed E-state index contributed by atoms with van der Waals surface area (Å²) in [6.07, 6.45) is 2.57. The van der Waals surface area contributed by atoms with E-state index in [-0.39, 0.29) is 0 Å². The first-order chi connectivity index (χ1) is 10.3. The molecule has 1 fully saturated rings. The number of aromatic nitrogens is 1. The second-order valence-electron chi connectivity index (χ2n) is 5.73. The van der Waals surface area contributed by atoms with Crippen molar-refractivity contribution in [1.29, 1.82) is 0 Å². The Morgan fingerprint density at radius 2 is 1.76 bits per heavy atom. The lowest BCUT2D eigenvalue weighted by Gasteiger charge is -2.16. The van der Waals surface area contributed by atoms with E-state index in [0.29, 0.717) is 5.89 Å². The average molecular weight is 278 g/mol. The molecule has 0 radical (unpaired) electrons. The maximum absolute atomic E-state index is 5.88. The van der Waals surface area contributed by atoms with Gasteiger partial charge in [0.1, 0.15) is 5.52 Å². The Bertz CT molecular complexity index is 768. The van der Waals surface area contributed by atoms with E-state index in [0.717, 1.165) is 29.8 Å². The summed E-state index contributed by atoms with van der Waals surface area (Å²) in [7, 11) is 0. The summed E-state index contributed by atoms with van der Waals surface area (Å²) in [4.78, 5) is 7.07. The molecule has 0 bridgehead atoms. The number of anilines is 1. The highest BCUT2D eigenvalue weighted by atomic mass is 16.3. The number of aryl methyl sites for hydroxylation is 1. The largest absolute Gasteiger partial charge is 0.436 e. The van der Waals surface area contributed by atoms with Crippen molar-refractivity contribution in [1.82, 2.24) is 4.98 Å². The van der Waals surface area contributed by atoms with Gasteiger partial charge in [0, 0.05) is 24.3 Å². The number of rotatable bonds is 2. The van der Waals surface area contributed by atoms with Crippen LogP contribution in [0.3, 0.4) is 0 Å². The standard InChI is InChI=1S/C18H18N2O/c1-13-4-6-14(7-5-13)18-19-16-12-15(8-9-17(16)21-18)20-10-2-3-11-20/h4-9,12H,2-3,10-11H2,1H3. The summed E-state index contributed by atoms with van der Waals surface area (Å²) < 4.78 is 5.88. The van der Waals surface area contributed by atoms with Crippen LogP contribution in [0.25, 0.3) is 22.6 Å². The van der Waals surface area contributed by atoms with Gasteiger partial charge in [-0.25, -0.2) is 4.98 Å². The van der Waals surface area contributed by atoms with Crippen LogP contribution in [0.2, 0.25) is 0 Å². The van der Waals surface area contributed by atoms with Crippen LogP contribution >= 0.6 is 0 Å². The topological polar surface area (TPSA) is 29.3 Å². The van der Waals surface area contributed by atoms with E-state index in [9.17, 15) is 0 Å². The van der Waals surface area contributed by atoms with Gasteiger partial charge >= 0.3 is 0 Å². The molecule has 0 atom stereocenters. The van der Waals surface area contributed by atoms with E-state index < -0.39 is 0 Å². The van der Waals surface area contributed by atoms with E-state index in [1.54, 1.807) is 0 Å². The van der Waals surface area contributed by atoms with Crippen molar-refractivity contribution in [2.45, 2.75) is 19.8 Å². The van der Waals surface area contributed by atoms with Crippen molar-refractivity contribution in [3.8, 4) is 11.5 Å². The number of benzene rings is 2. The summed E-state index contributed by atoms with van der Waals surface area (Å²) in [5.41, 5.74) is 5.32. The first-order valence-electron chi connectivity index (χ1n) is 7.52. The van der Waals surface area contributed by atoms with Crippen LogP contribution in [0.15, 0.2) is 46.9 Å². The molecule has 1 saturated heterocycles. The number of oxazole rings is 1. The zero-order chi connectivity index (χ0) is 14.2. The summed E-state index contributed by atoms with van der Waals surface area (Å²) >= 11 is 0. The van der Waals surface area contributed by atoms with Crippen LogP contribution in [-0.4, -0.2) is 18.1 Å². The lowest BCUT2D eigenvalue weighted by Crippen LogP contribution is -2.17. The zero-order valence-electron chi connectivity index (χ0n) is 12.2. The fourth-order valence-electron chi connectivity index (χ4n) is 2.91. The normalized spacial score (nSPS) is 15.0. The highest BCUT2D eigenvalue weighted by Crippen LogP contribution is 2.28. The fourth-order valence-corrected chi connectivity index (χ4v) is 2.91. The Hall–Kier alpha value is -2.29. The third-order valence-corrected chi connectivity index (χ3v) is 4.14. The zero-order valence-corrected chi connectivity index (χ0v) is 12.2. The summed E-state index contributed by atoms with van der Waals surface area (Å²) in [5, 5.41) is 0. The van der Waals surface area contributed by atoms with Gasteiger partial charge in [-0.2, -0.15) is 0 Å².